The molecule has 1 rings (SSSR count). The highest BCUT2D eigenvalue weighted by atomic mass is 14.4. The Balaban J connectivity index is 2.64. The normalized spacial score (nSPS) is 26.8. The highest BCUT2D eigenvalue weighted by Crippen LogP contribution is 2.45. The number of hydrogen-bond acceptors (Lipinski definition) is 0. The lowest BCUT2D eigenvalue weighted by Crippen LogP contribution is -2.29. The molecule has 1 atom stereocenters. The zero-order valence-corrected chi connectivity index (χ0v) is 8.90. The summed E-state index contributed by atoms with van der Waals surface area (Å²) in [6, 6.07) is 0. The van der Waals surface area contributed by atoms with Gasteiger partial charge >= 0.3 is 0 Å². The molecule has 0 nitrogen and oxygen atoms in total. The van der Waals surface area contributed by atoms with Crippen molar-refractivity contribution in [2.75, 3.05) is 0 Å². The maximum Gasteiger partial charge on any atom is 0.00919 e. The summed E-state index contributed by atoms with van der Waals surface area (Å²) < 4.78 is 0. The summed E-state index contributed by atoms with van der Waals surface area (Å²) in [4.78, 5) is 0. The van der Waals surface area contributed by atoms with E-state index in [-0.39, 0.29) is 0 Å². The van der Waals surface area contributed by atoms with Gasteiger partial charge in [0.05, 0.1) is 0 Å². The zero-order valence-electron chi connectivity index (χ0n) is 8.90. The first kappa shape index (κ1) is 10.4. The fourth-order valence-electron chi connectivity index (χ4n) is 2.49. The van der Waals surface area contributed by atoms with Crippen molar-refractivity contribution in [3.63, 3.8) is 0 Å². The second kappa shape index (κ2) is 4.01. The monoisotopic (exact) mass is 176 g/mol. The third-order valence-electron chi connectivity index (χ3n) is 3.33. The summed E-state index contributed by atoms with van der Waals surface area (Å²) in [7, 11) is 0. The van der Waals surface area contributed by atoms with Crippen molar-refractivity contribution in [1.82, 2.24) is 0 Å². The molecule has 0 amide bonds. The molecule has 0 heterocycles. The smallest absolute Gasteiger partial charge is 0.00919 e. The molecule has 0 unspecified atom stereocenters. The van der Waals surface area contributed by atoms with Gasteiger partial charge in [0, 0.05) is 6.42 Å². The van der Waals surface area contributed by atoms with Gasteiger partial charge in [0.15, 0.2) is 0 Å². The maximum atomic E-state index is 5.30. The van der Waals surface area contributed by atoms with E-state index in [2.05, 4.69) is 26.3 Å². The van der Waals surface area contributed by atoms with Crippen LogP contribution in [0.15, 0.2) is 12.2 Å². The zero-order chi connectivity index (χ0) is 9.90. The van der Waals surface area contributed by atoms with Crippen molar-refractivity contribution in [3.8, 4) is 12.3 Å². The van der Waals surface area contributed by atoms with Gasteiger partial charge in [-0.3, -0.25) is 0 Å². The van der Waals surface area contributed by atoms with Gasteiger partial charge in [-0.05, 0) is 37.0 Å². The van der Waals surface area contributed by atoms with Gasteiger partial charge in [-0.1, -0.05) is 26.0 Å². The Kier molecular flexibility index (Phi) is 3.20. The second-order valence-corrected chi connectivity index (χ2v) is 4.80. The lowest BCUT2D eigenvalue weighted by molar-refractivity contribution is 0.182. The maximum absolute atomic E-state index is 5.30. The first-order valence-electron chi connectivity index (χ1n) is 5.19. The van der Waals surface area contributed by atoms with Gasteiger partial charge in [0.25, 0.3) is 0 Å². The minimum absolute atomic E-state index is 0.423. The summed E-state index contributed by atoms with van der Waals surface area (Å²) >= 11 is 0. The van der Waals surface area contributed by atoms with Crippen molar-refractivity contribution >= 4 is 0 Å². The molecule has 0 aliphatic heterocycles. The quantitative estimate of drug-likeness (QED) is 0.443. The molecule has 0 aromatic rings. The van der Waals surface area contributed by atoms with E-state index in [0.717, 1.165) is 12.8 Å². The molecule has 0 aromatic heterocycles. The van der Waals surface area contributed by atoms with Crippen LogP contribution in [0.25, 0.3) is 0 Å². The van der Waals surface area contributed by atoms with E-state index in [1.165, 1.54) is 24.8 Å². The molecular formula is C13H20. The molecule has 1 aliphatic rings. The van der Waals surface area contributed by atoms with Crippen LogP contribution in [-0.4, -0.2) is 0 Å². The molecule has 0 aromatic carbocycles. The average Bonchev–Trinajstić information content (AvgIpc) is 2.02. The molecule has 0 saturated heterocycles. The molecule has 72 valence electrons. The van der Waals surface area contributed by atoms with Crippen LogP contribution >= 0.6 is 0 Å². The van der Waals surface area contributed by atoms with Crippen molar-refractivity contribution < 1.29 is 0 Å². The van der Waals surface area contributed by atoms with E-state index in [4.69, 9.17) is 6.42 Å². The summed E-state index contributed by atoms with van der Waals surface area (Å²) in [5, 5.41) is 0. The number of hydrogen-bond donors (Lipinski definition) is 0. The Morgan fingerprint density at radius 3 is 2.85 bits per heavy atom. The fraction of sp³-hybridized carbons (Fsp3) is 0.692. The van der Waals surface area contributed by atoms with Gasteiger partial charge in [-0.25, -0.2) is 0 Å². The molecule has 0 radical (unpaired) electrons. The Morgan fingerprint density at radius 2 is 2.31 bits per heavy atom. The molecule has 13 heavy (non-hydrogen) atoms. The van der Waals surface area contributed by atoms with E-state index >= 15 is 0 Å². The van der Waals surface area contributed by atoms with E-state index in [1.807, 2.05) is 0 Å². The van der Waals surface area contributed by atoms with Crippen LogP contribution in [0.1, 0.15) is 46.0 Å². The molecule has 0 spiro atoms. The molecule has 0 bridgehead atoms. The number of allylic oxidation sites excluding steroid dienone is 1. The predicted octanol–water partition coefficient (Wildman–Crippen LogP) is 3.78. The van der Waals surface area contributed by atoms with Crippen LogP contribution in [0.2, 0.25) is 0 Å². The lowest BCUT2D eigenvalue weighted by Gasteiger charge is -2.40. The Morgan fingerprint density at radius 1 is 1.62 bits per heavy atom. The SMILES string of the molecule is C#CCC[C@@H]1C(=C)CCCC1(C)C. The first-order valence-corrected chi connectivity index (χ1v) is 5.19. The topological polar surface area (TPSA) is 0 Å². The molecular weight excluding hydrogens is 156 g/mol. The van der Waals surface area contributed by atoms with E-state index in [9.17, 15) is 0 Å². The molecule has 1 aliphatic carbocycles. The van der Waals surface area contributed by atoms with E-state index in [0.29, 0.717) is 11.3 Å². The standard InChI is InChI=1S/C13H20/c1-5-6-9-12-11(2)8-7-10-13(12,3)4/h1,12H,2,6-10H2,3-4H3/t12-/m1/s1. The van der Waals surface area contributed by atoms with Crippen molar-refractivity contribution in [3.05, 3.63) is 12.2 Å². The minimum Gasteiger partial charge on any atom is -0.120 e. The first-order chi connectivity index (χ1) is 6.08. The Labute approximate surface area is 82.4 Å². The third kappa shape index (κ3) is 2.37. The summed E-state index contributed by atoms with van der Waals surface area (Å²) in [6.45, 7) is 8.87. The minimum atomic E-state index is 0.423. The van der Waals surface area contributed by atoms with E-state index < -0.39 is 0 Å². The van der Waals surface area contributed by atoms with E-state index in [1.54, 1.807) is 0 Å². The van der Waals surface area contributed by atoms with Gasteiger partial charge in [0.1, 0.15) is 0 Å². The third-order valence-corrected chi connectivity index (χ3v) is 3.33. The molecule has 0 N–H and O–H groups in total. The predicted molar refractivity (Wildman–Crippen MR) is 58.3 cm³/mol. The highest BCUT2D eigenvalue weighted by molar-refractivity contribution is 5.10. The summed E-state index contributed by atoms with van der Waals surface area (Å²) in [5.74, 6) is 3.38. The Hall–Kier alpha value is -0.700. The fourth-order valence-corrected chi connectivity index (χ4v) is 2.49. The number of rotatable bonds is 2. The molecule has 1 saturated carbocycles. The van der Waals surface area contributed by atoms with Crippen molar-refractivity contribution in [2.45, 2.75) is 46.0 Å². The average molecular weight is 176 g/mol. The molecule has 0 heteroatoms. The van der Waals surface area contributed by atoms with Crippen LogP contribution in [0.3, 0.4) is 0 Å². The van der Waals surface area contributed by atoms with Crippen molar-refractivity contribution in [2.24, 2.45) is 11.3 Å². The second-order valence-electron chi connectivity index (χ2n) is 4.80. The van der Waals surface area contributed by atoms with Crippen LogP contribution in [0.4, 0.5) is 0 Å². The highest BCUT2D eigenvalue weighted by Gasteiger charge is 2.33. The van der Waals surface area contributed by atoms with Crippen LogP contribution in [0.5, 0.6) is 0 Å². The van der Waals surface area contributed by atoms with Gasteiger partial charge in [0.2, 0.25) is 0 Å². The number of terminal acetylenes is 1. The summed E-state index contributed by atoms with van der Waals surface area (Å²) in [5.41, 5.74) is 1.85. The van der Waals surface area contributed by atoms with Crippen LogP contribution in [-0.2, 0) is 0 Å². The van der Waals surface area contributed by atoms with Gasteiger partial charge < -0.3 is 0 Å². The van der Waals surface area contributed by atoms with Crippen LogP contribution in [0, 0.1) is 23.7 Å². The molecule has 1 fully saturated rings. The summed E-state index contributed by atoms with van der Waals surface area (Å²) in [6.07, 6.45) is 11.2. The van der Waals surface area contributed by atoms with Gasteiger partial charge in [-0.2, -0.15) is 0 Å². The Bertz CT molecular complexity index is 227. The van der Waals surface area contributed by atoms with Crippen LogP contribution < -0.4 is 0 Å². The van der Waals surface area contributed by atoms with Crippen molar-refractivity contribution in [1.29, 1.82) is 0 Å². The largest absolute Gasteiger partial charge is 0.120 e. The van der Waals surface area contributed by atoms with Gasteiger partial charge in [-0.15, -0.1) is 12.3 Å². The lowest BCUT2D eigenvalue weighted by atomic mass is 9.65.